The predicted molar refractivity (Wildman–Crippen MR) is 124 cm³/mol. The molecule has 1 aliphatic rings. The second-order valence-corrected chi connectivity index (χ2v) is 8.60. The molecule has 1 saturated heterocycles. The van der Waals surface area contributed by atoms with Crippen LogP contribution < -0.4 is 0 Å². The fourth-order valence-electron chi connectivity index (χ4n) is 4.78. The van der Waals surface area contributed by atoms with Crippen LogP contribution in [0.3, 0.4) is 0 Å². The van der Waals surface area contributed by atoms with Crippen molar-refractivity contribution in [2.24, 2.45) is 5.92 Å². The van der Waals surface area contributed by atoms with E-state index in [0.717, 1.165) is 48.0 Å². The van der Waals surface area contributed by atoms with Gasteiger partial charge in [-0.15, -0.1) is 0 Å². The summed E-state index contributed by atoms with van der Waals surface area (Å²) in [6, 6.07) is 25.1. The summed E-state index contributed by atoms with van der Waals surface area (Å²) in [5.41, 5.74) is 4.45. The topological polar surface area (TPSA) is 36.1 Å². The molecule has 1 fully saturated rings. The molecule has 0 bridgehead atoms. The molecule has 3 heteroatoms. The number of benzene rings is 3. The van der Waals surface area contributed by atoms with Crippen LogP contribution in [0.15, 0.2) is 72.8 Å². The zero-order valence-electron chi connectivity index (χ0n) is 17.3. The van der Waals surface area contributed by atoms with Crippen LogP contribution in [0.5, 0.6) is 0 Å². The van der Waals surface area contributed by atoms with Crippen molar-refractivity contribution in [2.45, 2.75) is 32.2 Å². The van der Waals surface area contributed by atoms with Crippen LogP contribution in [0.1, 0.15) is 41.6 Å². The highest BCUT2D eigenvalue weighted by Gasteiger charge is 2.20. The largest absolute Gasteiger partial charge is 0.355 e. The quantitative estimate of drug-likeness (QED) is 0.394. The van der Waals surface area contributed by atoms with Crippen molar-refractivity contribution >= 4 is 27.6 Å². The number of Topliss-reactive ketones (excluding diaryl/α,β-unsaturated/α-hetero) is 1. The lowest BCUT2D eigenvalue weighted by Crippen LogP contribution is -2.33. The van der Waals surface area contributed by atoms with Gasteiger partial charge in [0.15, 0.2) is 5.78 Å². The maximum absolute atomic E-state index is 12.9. The number of nitrogens with zero attached hydrogens (tertiary/aromatic N) is 1. The first-order valence-corrected chi connectivity index (χ1v) is 11.1. The number of piperidine rings is 1. The molecule has 1 aromatic heterocycles. The number of carbonyl (C=O) groups excluding carboxylic acids is 1. The Morgan fingerprint density at radius 1 is 0.867 bits per heavy atom. The molecule has 0 radical (unpaired) electrons. The number of hydrogen-bond acceptors (Lipinski definition) is 2. The number of hydrogen-bond donors (Lipinski definition) is 1. The Hall–Kier alpha value is -2.91. The number of rotatable bonds is 6. The smallest absolute Gasteiger partial charge is 0.162 e. The van der Waals surface area contributed by atoms with Gasteiger partial charge in [0, 0.05) is 40.3 Å². The molecular formula is C27H28N2O. The van der Waals surface area contributed by atoms with E-state index in [1.165, 1.54) is 23.8 Å². The number of aromatic nitrogens is 1. The fraction of sp³-hybridized carbons (Fsp3) is 0.296. The van der Waals surface area contributed by atoms with Crippen LogP contribution in [0, 0.1) is 5.92 Å². The van der Waals surface area contributed by atoms with Crippen LogP contribution in [0.2, 0.25) is 0 Å². The van der Waals surface area contributed by atoms with Gasteiger partial charge in [-0.3, -0.25) is 9.69 Å². The van der Waals surface area contributed by atoms with Crippen molar-refractivity contribution in [3.8, 4) is 0 Å². The Labute approximate surface area is 177 Å². The van der Waals surface area contributed by atoms with E-state index < -0.39 is 0 Å². The second kappa shape index (κ2) is 8.45. The third-order valence-corrected chi connectivity index (χ3v) is 6.56. The average molecular weight is 397 g/mol. The van der Waals surface area contributed by atoms with Gasteiger partial charge < -0.3 is 4.98 Å². The Bertz CT molecular complexity index is 1150. The van der Waals surface area contributed by atoms with Gasteiger partial charge in [-0.05, 0) is 68.1 Å². The van der Waals surface area contributed by atoms with Crippen molar-refractivity contribution in [2.75, 3.05) is 13.1 Å². The number of likely N-dealkylation sites (tertiary alicyclic amines) is 1. The van der Waals surface area contributed by atoms with Gasteiger partial charge in [0.05, 0.1) is 0 Å². The maximum Gasteiger partial charge on any atom is 0.162 e. The number of para-hydroxylation sites is 1. The zero-order chi connectivity index (χ0) is 20.3. The Balaban J connectivity index is 1.17. The van der Waals surface area contributed by atoms with Crippen molar-refractivity contribution < 1.29 is 4.79 Å². The molecular weight excluding hydrogens is 368 g/mol. The second-order valence-electron chi connectivity index (χ2n) is 8.60. The van der Waals surface area contributed by atoms with E-state index >= 15 is 0 Å². The summed E-state index contributed by atoms with van der Waals surface area (Å²) in [6.45, 7) is 3.31. The third kappa shape index (κ3) is 4.03. The third-order valence-electron chi connectivity index (χ3n) is 6.56. The first-order chi connectivity index (χ1) is 14.8. The van der Waals surface area contributed by atoms with Crippen LogP contribution in [0.4, 0.5) is 0 Å². The minimum absolute atomic E-state index is 0.272. The SMILES string of the molecule is O=C(CCC1CCN(Cc2ccccc2)CC1)c1ccc2[nH]c3ccccc3c2c1. The predicted octanol–water partition coefficient (Wildman–Crippen LogP) is 6.20. The van der Waals surface area contributed by atoms with E-state index in [4.69, 9.17) is 0 Å². The number of aromatic amines is 1. The maximum atomic E-state index is 12.9. The highest BCUT2D eigenvalue weighted by atomic mass is 16.1. The molecule has 5 rings (SSSR count). The number of nitrogens with one attached hydrogen (secondary N) is 1. The summed E-state index contributed by atoms with van der Waals surface area (Å²) in [6.07, 6.45) is 4.05. The average Bonchev–Trinajstić information content (AvgIpc) is 3.17. The number of H-pyrrole nitrogens is 1. The summed E-state index contributed by atoms with van der Waals surface area (Å²) in [4.78, 5) is 18.8. The number of carbonyl (C=O) groups is 1. The first-order valence-electron chi connectivity index (χ1n) is 11.1. The van der Waals surface area contributed by atoms with Gasteiger partial charge in [0.2, 0.25) is 0 Å². The van der Waals surface area contributed by atoms with Gasteiger partial charge in [-0.25, -0.2) is 0 Å². The van der Waals surface area contributed by atoms with Crippen LogP contribution in [-0.4, -0.2) is 28.8 Å². The lowest BCUT2D eigenvalue weighted by atomic mass is 9.90. The van der Waals surface area contributed by atoms with Crippen LogP contribution in [0.25, 0.3) is 21.8 Å². The molecule has 0 atom stereocenters. The summed E-state index contributed by atoms with van der Waals surface area (Å²) >= 11 is 0. The number of ketones is 1. The van der Waals surface area contributed by atoms with Crippen LogP contribution >= 0.6 is 0 Å². The molecule has 1 aliphatic heterocycles. The summed E-state index contributed by atoms with van der Waals surface area (Å²) in [5.74, 6) is 0.937. The van der Waals surface area contributed by atoms with Crippen molar-refractivity contribution in [3.63, 3.8) is 0 Å². The van der Waals surface area contributed by atoms with Crippen LogP contribution in [-0.2, 0) is 6.54 Å². The molecule has 30 heavy (non-hydrogen) atoms. The molecule has 2 heterocycles. The van der Waals surface area contributed by atoms with E-state index in [1.54, 1.807) is 0 Å². The normalized spacial score (nSPS) is 15.7. The fourth-order valence-corrected chi connectivity index (χ4v) is 4.78. The molecule has 0 unspecified atom stereocenters. The minimum Gasteiger partial charge on any atom is -0.355 e. The molecule has 0 saturated carbocycles. The standard InChI is InChI=1S/C27H28N2O/c30-27(22-11-12-26-24(18-22)23-8-4-5-9-25(23)28-26)13-10-20-14-16-29(17-15-20)19-21-6-2-1-3-7-21/h1-9,11-12,18,20,28H,10,13-17,19H2. The van der Waals surface area contributed by atoms with Gasteiger partial charge in [0.1, 0.15) is 0 Å². The molecule has 3 aromatic carbocycles. The minimum atomic E-state index is 0.272. The molecule has 4 aromatic rings. The summed E-state index contributed by atoms with van der Waals surface area (Å²) in [7, 11) is 0. The zero-order valence-corrected chi connectivity index (χ0v) is 17.3. The molecule has 3 nitrogen and oxygen atoms in total. The van der Waals surface area contributed by atoms with Gasteiger partial charge in [0.25, 0.3) is 0 Å². The highest BCUT2D eigenvalue weighted by molar-refractivity contribution is 6.10. The lowest BCUT2D eigenvalue weighted by Gasteiger charge is -2.32. The lowest BCUT2D eigenvalue weighted by molar-refractivity contribution is 0.0961. The van der Waals surface area contributed by atoms with E-state index in [9.17, 15) is 4.79 Å². The van der Waals surface area contributed by atoms with Crippen molar-refractivity contribution in [1.82, 2.24) is 9.88 Å². The van der Waals surface area contributed by atoms with E-state index in [-0.39, 0.29) is 5.78 Å². The molecule has 0 amide bonds. The molecule has 0 aliphatic carbocycles. The Morgan fingerprint density at radius 3 is 2.43 bits per heavy atom. The van der Waals surface area contributed by atoms with Gasteiger partial charge in [-0.1, -0.05) is 48.5 Å². The Morgan fingerprint density at radius 2 is 1.60 bits per heavy atom. The van der Waals surface area contributed by atoms with E-state index in [0.29, 0.717) is 12.3 Å². The van der Waals surface area contributed by atoms with Crippen molar-refractivity contribution in [1.29, 1.82) is 0 Å². The molecule has 1 N–H and O–H groups in total. The van der Waals surface area contributed by atoms with E-state index in [2.05, 4.69) is 58.4 Å². The monoisotopic (exact) mass is 396 g/mol. The molecule has 0 spiro atoms. The Kier molecular flexibility index (Phi) is 5.37. The van der Waals surface area contributed by atoms with Gasteiger partial charge in [-0.2, -0.15) is 0 Å². The van der Waals surface area contributed by atoms with Gasteiger partial charge >= 0.3 is 0 Å². The summed E-state index contributed by atoms with van der Waals surface area (Å²) in [5, 5.41) is 2.33. The first kappa shape index (κ1) is 19.1. The van der Waals surface area contributed by atoms with Crippen molar-refractivity contribution in [3.05, 3.63) is 83.9 Å². The molecule has 152 valence electrons. The van der Waals surface area contributed by atoms with E-state index in [1.807, 2.05) is 24.3 Å². The highest BCUT2D eigenvalue weighted by Crippen LogP contribution is 2.28. The summed E-state index contributed by atoms with van der Waals surface area (Å²) < 4.78 is 0. The number of fused-ring (bicyclic) bond motifs is 3.